The average Bonchev–Trinajstić information content (AvgIpc) is 3.22. The fourth-order valence-electron chi connectivity index (χ4n) is 3.74. The Morgan fingerprint density at radius 3 is 2.80 bits per heavy atom. The largest absolute Gasteiger partial charge is 0.485 e. The average molecular weight is 425 g/mol. The Morgan fingerprint density at radius 1 is 1.23 bits per heavy atom. The van der Waals surface area contributed by atoms with E-state index in [-0.39, 0.29) is 12.0 Å². The van der Waals surface area contributed by atoms with E-state index < -0.39 is 0 Å². The molecule has 0 fully saturated rings. The number of ether oxygens (including phenoxy) is 1. The molecular formula is C23H25ClN4O2. The van der Waals surface area contributed by atoms with E-state index in [0.717, 1.165) is 30.1 Å². The lowest BCUT2D eigenvalue weighted by Gasteiger charge is -2.37. The first-order valence-corrected chi connectivity index (χ1v) is 10.4. The third kappa shape index (κ3) is 4.28. The maximum Gasteiger partial charge on any atom is 0.256 e. The molecule has 0 spiro atoms. The van der Waals surface area contributed by atoms with E-state index in [1.165, 1.54) is 0 Å². The lowest BCUT2D eigenvalue weighted by molar-refractivity contribution is 0.0709. The number of rotatable bonds is 6. The van der Waals surface area contributed by atoms with E-state index in [2.05, 4.69) is 23.0 Å². The molecule has 1 atom stereocenters. The highest BCUT2D eigenvalue weighted by Gasteiger charge is 2.27. The molecule has 4 rings (SSSR count). The number of fused-ring (bicyclic) bond motifs is 1. The Bertz CT molecular complexity index is 1040. The summed E-state index contributed by atoms with van der Waals surface area (Å²) in [5.41, 5.74) is 2.61. The minimum absolute atomic E-state index is 0.0779. The van der Waals surface area contributed by atoms with Gasteiger partial charge in [-0.15, -0.1) is 0 Å². The highest BCUT2D eigenvalue weighted by atomic mass is 35.5. The second-order valence-corrected chi connectivity index (χ2v) is 7.86. The molecule has 2 aromatic carbocycles. The van der Waals surface area contributed by atoms with Crippen LogP contribution in [0, 0.1) is 0 Å². The van der Waals surface area contributed by atoms with E-state index >= 15 is 0 Å². The molecule has 1 amide bonds. The summed E-state index contributed by atoms with van der Waals surface area (Å²) in [6, 6.07) is 15.7. The number of anilines is 1. The number of carbonyl (C=O) groups is 1. The number of halogens is 1. The van der Waals surface area contributed by atoms with Crippen LogP contribution in [0.4, 0.5) is 5.69 Å². The van der Waals surface area contributed by atoms with Crippen LogP contribution in [0.15, 0.2) is 60.9 Å². The van der Waals surface area contributed by atoms with Crippen molar-refractivity contribution in [2.45, 2.75) is 19.6 Å². The standard InChI is InChI=1S/C23H25ClN4O2/c1-3-27-16-19(30-22-11-7-6-10-21(22)27)15-26(2)23(29)18-12-25-28(14-18)13-17-8-4-5-9-20(17)24/h4-12,14,19H,3,13,15-16H2,1-2H3. The Hall–Kier alpha value is -2.99. The van der Waals surface area contributed by atoms with Gasteiger partial charge in [0.1, 0.15) is 11.9 Å². The van der Waals surface area contributed by atoms with E-state index in [1.807, 2.05) is 42.5 Å². The van der Waals surface area contributed by atoms with Crippen molar-refractivity contribution in [1.82, 2.24) is 14.7 Å². The molecule has 1 unspecified atom stereocenters. The Balaban J connectivity index is 1.41. The summed E-state index contributed by atoms with van der Waals surface area (Å²) in [7, 11) is 1.80. The summed E-state index contributed by atoms with van der Waals surface area (Å²) in [5, 5.41) is 5.02. The van der Waals surface area contributed by atoms with Gasteiger partial charge in [0.25, 0.3) is 5.91 Å². The van der Waals surface area contributed by atoms with Crippen molar-refractivity contribution in [3.8, 4) is 5.75 Å². The van der Waals surface area contributed by atoms with Crippen LogP contribution in [0.25, 0.3) is 0 Å². The molecule has 0 saturated heterocycles. The van der Waals surface area contributed by atoms with Crippen molar-refractivity contribution < 1.29 is 9.53 Å². The molecule has 0 radical (unpaired) electrons. The Morgan fingerprint density at radius 2 is 2.00 bits per heavy atom. The van der Waals surface area contributed by atoms with Crippen molar-refractivity contribution in [2.24, 2.45) is 0 Å². The van der Waals surface area contributed by atoms with Crippen LogP contribution in [-0.4, -0.2) is 53.4 Å². The zero-order valence-electron chi connectivity index (χ0n) is 17.2. The van der Waals surface area contributed by atoms with Gasteiger partial charge in [-0.3, -0.25) is 9.48 Å². The molecule has 1 aliphatic heterocycles. The van der Waals surface area contributed by atoms with Crippen molar-refractivity contribution in [3.63, 3.8) is 0 Å². The van der Waals surface area contributed by atoms with Gasteiger partial charge in [-0.05, 0) is 30.7 Å². The first-order chi connectivity index (χ1) is 14.5. The van der Waals surface area contributed by atoms with Gasteiger partial charge in [0, 0.05) is 24.8 Å². The monoisotopic (exact) mass is 424 g/mol. The molecule has 0 N–H and O–H groups in total. The topological polar surface area (TPSA) is 50.6 Å². The van der Waals surface area contributed by atoms with Crippen LogP contribution < -0.4 is 9.64 Å². The Labute approximate surface area is 181 Å². The number of carbonyl (C=O) groups excluding carboxylic acids is 1. The maximum absolute atomic E-state index is 12.9. The lowest BCUT2D eigenvalue weighted by atomic mass is 10.1. The quantitative estimate of drug-likeness (QED) is 0.601. The van der Waals surface area contributed by atoms with Gasteiger partial charge in [-0.2, -0.15) is 5.10 Å². The summed E-state index contributed by atoms with van der Waals surface area (Å²) < 4.78 is 7.88. The fraction of sp³-hybridized carbons (Fsp3) is 0.304. The molecule has 7 heteroatoms. The number of nitrogens with zero attached hydrogens (tertiary/aromatic N) is 4. The normalized spacial score (nSPS) is 15.4. The molecule has 0 bridgehead atoms. The molecule has 6 nitrogen and oxygen atoms in total. The van der Waals surface area contributed by atoms with Gasteiger partial charge in [0.05, 0.1) is 37.1 Å². The molecule has 30 heavy (non-hydrogen) atoms. The van der Waals surface area contributed by atoms with Crippen LogP contribution in [0.3, 0.4) is 0 Å². The number of aromatic nitrogens is 2. The van der Waals surface area contributed by atoms with Gasteiger partial charge in [-0.1, -0.05) is 41.9 Å². The second-order valence-electron chi connectivity index (χ2n) is 7.45. The van der Waals surface area contributed by atoms with Crippen molar-refractivity contribution in [2.75, 3.05) is 31.6 Å². The lowest BCUT2D eigenvalue weighted by Crippen LogP contribution is -2.46. The van der Waals surface area contributed by atoms with Gasteiger partial charge in [0.15, 0.2) is 0 Å². The first-order valence-electron chi connectivity index (χ1n) is 10.1. The van der Waals surface area contributed by atoms with Gasteiger partial charge >= 0.3 is 0 Å². The molecule has 0 aliphatic carbocycles. The predicted molar refractivity (Wildman–Crippen MR) is 118 cm³/mol. The molecule has 3 aromatic rings. The summed E-state index contributed by atoms with van der Waals surface area (Å²) in [4.78, 5) is 16.9. The molecule has 0 saturated carbocycles. The highest BCUT2D eigenvalue weighted by molar-refractivity contribution is 6.31. The summed E-state index contributed by atoms with van der Waals surface area (Å²) in [6.07, 6.45) is 3.27. The van der Waals surface area contributed by atoms with E-state index in [9.17, 15) is 4.79 Å². The molecule has 1 aliphatic rings. The Kier molecular flexibility index (Phi) is 5.95. The smallest absolute Gasteiger partial charge is 0.256 e. The van der Waals surface area contributed by atoms with Crippen molar-refractivity contribution in [1.29, 1.82) is 0 Å². The van der Waals surface area contributed by atoms with Crippen LogP contribution in [0.2, 0.25) is 5.02 Å². The van der Waals surface area contributed by atoms with Crippen molar-refractivity contribution >= 4 is 23.2 Å². The molecule has 2 heterocycles. The highest BCUT2D eigenvalue weighted by Crippen LogP contribution is 2.32. The van der Waals surface area contributed by atoms with Gasteiger partial charge in [-0.25, -0.2) is 0 Å². The third-order valence-electron chi connectivity index (χ3n) is 5.30. The molecular weight excluding hydrogens is 400 g/mol. The van der Waals surface area contributed by atoms with Gasteiger partial charge < -0.3 is 14.5 Å². The SMILES string of the molecule is CCN1CC(CN(C)C(=O)c2cnn(Cc3ccccc3Cl)c2)Oc2ccccc21. The summed E-state index contributed by atoms with van der Waals surface area (Å²) >= 11 is 6.23. The molecule has 156 valence electrons. The minimum Gasteiger partial charge on any atom is -0.485 e. The fourth-order valence-corrected chi connectivity index (χ4v) is 3.94. The minimum atomic E-state index is -0.0908. The zero-order valence-corrected chi connectivity index (χ0v) is 17.9. The molecule has 1 aromatic heterocycles. The third-order valence-corrected chi connectivity index (χ3v) is 5.67. The number of para-hydroxylation sites is 2. The van der Waals surface area contributed by atoms with Crippen molar-refractivity contribution in [3.05, 3.63) is 77.1 Å². The van der Waals surface area contributed by atoms with E-state index in [4.69, 9.17) is 16.3 Å². The summed E-state index contributed by atoms with van der Waals surface area (Å²) in [6.45, 7) is 4.78. The maximum atomic E-state index is 12.9. The number of likely N-dealkylation sites (N-methyl/N-ethyl adjacent to an activating group) is 2. The summed E-state index contributed by atoms with van der Waals surface area (Å²) in [5.74, 6) is 0.787. The zero-order chi connectivity index (χ0) is 21.1. The number of hydrogen-bond donors (Lipinski definition) is 0. The number of benzene rings is 2. The van der Waals surface area contributed by atoms with Gasteiger partial charge in [0.2, 0.25) is 0 Å². The van der Waals surface area contributed by atoms with Crippen LogP contribution in [-0.2, 0) is 6.54 Å². The number of hydrogen-bond acceptors (Lipinski definition) is 4. The van der Waals surface area contributed by atoms with Crippen LogP contribution in [0.5, 0.6) is 5.75 Å². The predicted octanol–water partition coefficient (Wildman–Crippen LogP) is 3.94. The van der Waals surface area contributed by atoms with Crippen LogP contribution >= 0.6 is 11.6 Å². The second kappa shape index (κ2) is 8.79. The van der Waals surface area contributed by atoms with Crippen LogP contribution in [0.1, 0.15) is 22.8 Å². The van der Waals surface area contributed by atoms with E-state index in [0.29, 0.717) is 23.7 Å². The number of amides is 1. The van der Waals surface area contributed by atoms with E-state index in [1.54, 1.807) is 29.0 Å². The first kappa shape index (κ1) is 20.3.